The molecule has 0 unspecified atom stereocenters. The molecule has 3 aromatic rings. The van der Waals surface area contributed by atoms with Gasteiger partial charge in [-0.1, -0.05) is 18.2 Å². The molecule has 2 aromatic heterocycles. The molecule has 1 N–H and O–H groups in total. The van der Waals surface area contributed by atoms with Crippen molar-refractivity contribution >= 4 is 16.8 Å². The largest absolute Gasteiger partial charge is 0.459 e. The van der Waals surface area contributed by atoms with Crippen molar-refractivity contribution in [2.45, 2.75) is 33.4 Å². The minimum Gasteiger partial charge on any atom is -0.459 e. The minimum atomic E-state index is 0.131. The number of benzene rings is 1. The maximum Gasteiger partial charge on any atom is 0.134 e. The van der Waals surface area contributed by atoms with Crippen molar-refractivity contribution in [3.8, 4) is 0 Å². The lowest BCUT2D eigenvalue weighted by atomic mass is 10.1. The molecule has 0 radical (unpaired) electrons. The van der Waals surface area contributed by atoms with Crippen LogP contribution in [0.2, 0.25) is 0 Å². The van der Waals surface area contributed by atoms with Gasteiger partial charge in [0, 0.05) is 38.6 Å². The normalized spacial score (nSPS) is 12.8. The van der Waals surface area contributed by atoms with Crippen molar-refractivity contribution in [2.24, 2.45) is 7.05 Å². The standard InChI is InChI=1S/C19H26N4O/c1-12-15-9-7-8-10-17(15)24-18(12)14(3)20-11-16-13(2)21-23(6)19(16)22(4)5/h7-10,14,20H,11H2,1-6H3/t14-/m1/s1. The van der Waals surface area contributed by atoms with Crippen LogP contribution in [0.15, 0.2) is 28.7 Å². The summed E-state index contributed by atoms with van der Waals surface area (Å²) in [5.74, 6) is 2.14. The topological polar surface area (TPSA) is 46.2 Å². The van der Waals surface area contributed by atoms with E-state index in [-0.39, 0.29) is 6.04 Å². The lowest BCUT2D eigenvalue weighted by Crippen LogP contribution is -2.21. The van der Waals surface area contributed by atoms with Crippen molar-refractivity contribution in [2.75, 3.05) is 19.0 Å². The van der Waals surface area contributed by atoms with Gasteiger partial charge in [-0.15, -0.1) is 0 Å². The Morgan fingerprint density at radius 3 is 2.62 bits per heavy atom. The van der Waals surface area contributed by atoms with Gasteiger partial charge in [-0.3, -0.25) is 4.68 Å². The van der Waals surface area contributed by atoms with Gasteiger partial charge < -0.3 is 14.6 Å². The molecule has 5 nitrogen and oxygen atoms in total. The molecular formula is C19H26N4O. The number of rotatable bonds is 5. The van der Waals surface area contributed by atoms with Gasteiger partial charge in [-0.25, -0.2) is 0 Å². The van der Waals surface area contributed by atoms with Crippen molar-refractivity contribution < 1.29 is 4.42 Å². The molecule has 24 heavy (non-hydrogen) atoms. The molecule has 0 bridgehead atoms. The first-order valence-corrected chi connectivity index (χ1v) is 8.31. The van der Waals surface area contributed by atoms with Gasteiger partial charge in [0.1, 0.15) is 17.2 Å². The van der Waals surface area contributed by atoms with E-state index in [1.807, 2.05) is 38.0 Å². The summed E-state index contributed by atoms with van der Waals surface area (Å²) >= 11 is 0. The van der Waals surface area contributed by atoms with Crippen LogP contribution in [0.4, 0.5) is 5.82 Å². The van der Waals surface area contributed by atoms with Gasteiger partial charge in [0.05, 0.1) is 11.7 Å². The summed E-state index contributed by atoms with van der Waals surface area (Å²) in [7, 11) is 6.08. The van der Waals surface area contributed by atoms with E-state index in [0.29, 0.717) is 0 Å². The summed E-state index contributed by atoms with van der Waals surface area (Å²) in [6.45, 7) is 7.08. The molecule has 1 aromatic carbocycles. The van der Waals surface area contributed by atoms with Crippen molar-refractivity contribution in [1.29, 1.82) is 0 Å². The van der Waals surface area contributed by atoms with E-state index in [1.165, 1.54) is 16.5 Å². The van der Waals surface area contributed by atoms with Gasteiger partial charge in [0.2, 0.25) is 0 Å². The van der Waals surface area contributed by atoms with E-state index in [4.69, 9.17) is 4.42 Å². The Labute approximate surface area is 143 Å². The second-order valence-electron chi connectivity index (χ2n) is 6.60. The molecular weight excluding hydrogens is 300 g/mol. The first-order chi connectivity index (χ1) is 11.4. The number of nitrogens with zero attached hydrogens (tertiary/aromatic N) is 3. The molecule has 0 spiro atoms. The van der Waals surface area contributed by atoms with Crippen LogP contribution in [-0.4, -0.2) is 23.9 Å². The number of aromatic nitrogens is 2. The number of furan rings is 1. The Bertz CT molecular complexity index is 860. The average Bonchev–Trinajstić information content (AvgIpc) is 3.02. The van der Waals surface area contributed by atoms with Crippen LogP contribution in [0.3, 0.4) is 0 Å². The Morgan fingerprint density at radius 2 is 1.96 bits per heavy atom. The Hall–Kier alpha value is -2.27. The van der Waals surface area contributed by atoms with Crippen LogP contribution in [-0.2, 0) is 13.6 Å². The second-order valence-corrected chi connectivity index (χ2v) is 6.60. The lowest BCUT2D eigenvalue weighted by molar-refractivity contribution is 0.447. The van der Waals surface area contributed by atoms with Crippen molar-refractivity contribution in [1.82, 2.24) is 15.1 Å². The molecule has 0 fully saturated rings. The van der Waals surface area contributed by atoms with E-state index in [0.717, 1.165) is 29.4 Å². The highest BCUT2D eigenvalue weighted by atomic mass is 16.3. The molecule has 0 amide bonds. The smallest absolute Gasteiger partial charge is 0.134 e. The molecule has 2 heterocycles. The van der Waals surface area contributed by atoms with Crippen LogP contribution in [0.1, 0.15) is 35.5 Å². The van der Waals surface area contributed by atoms with Crippen LogP contribution < -0.4 is 10.2 Å². The highest BCUT2D eigenvalue weighted by Crippen LogP contribution is 2.30. The van der Waals surface area contributed by atoms with E-state index in [1.54, 1.807) is 0 Å². The predicted octanol–water partition coefficient (Wildman–Crippen LogP) is 3.70. The molecule has 3 rings (SSSR count). The maximum atomic E-state index is 6.07. The third-order valence-electron chi connectivity index (χ3n) is 4.60. The zero-order chi connectivity index (χ0) is 17.4. The van der Waals surface area contributed by atoms with Crippen LogP contribution in [0, 0.1) is 13.8 Å². The highest BCUT2D eigenvalue weighted by molar-refractivity contribution is 5.82. The fourth-order valence-electron chi connectivity index (χ4n) is 3.41. The fraction of sp³-hybridized carbons (Fsp3) is 0.421. The summed E-state index contributed by atoms with van der Waals surface area (Å²) < 4.78 is 8.00. The number of fused-ring (bicyclic) bond motifs is 1. The number of para-hydroxylation sites is 1. The summed E-state index contributed by atoms with van der Waals surface area (Å²) in [5, 5.41) is 9.33. The quantitative estimate of drug-likeness (QED) is 0.776. The minimum absolute atomic E-state index is 0.131. The van der Waals surface area contributed by atoms with E-state index >= 15 is 0 Å². The molecule has 0 aliphatic rings. The maximum absolute atomic E-state index is 6.07. The third kappa shape index (κ3) is 2.80. The van der Waals surface area contributed by atoms with Gasteiger partial charge in [-0.05, 0) is 32.4 Å². The fourth-order valence-corrected chi connectivity index (χ4v) is 3.41. The summed E-state index contributed by atoms with van der Waals surface area (Å²) in [5.41, 5.74) is 4.44. The number of hydrogen-bond donors (Lipinski definition) is 1. The Kier molecular flexibility index (Phi) is 4.37. The van der Waals surface area contributed by atoms with E-state index in [2.05, 4.69) is 48.2 Å². The summed E-state index contributed by atoms with van der Waals surface area (Å²) in [6.07, 6.45) is 0. The van der Waals surface area contributed by atoms with Crippen molar-refractivity contribution in [3.05, 3.63) is 46.8 Å². The number of anilines is 1. The monoisotopic (exact) mass is 326 g/mol. The predicted molar refractivity (Wildman–Crippen MR) is 98.5 cm³/mol. The van der Waals surface area contributed by atoms with E-state index in [9.17, 15) is 0 Å². The van der Waals surface area contributed by atoms with Crippen molar-refractivity contribution in [3.63, 3.8) is 0 Å². The third-order valence-corrected chi connectivity index (χ3v) is 4.60. The van der Waals surface area contributed by atoms with Gasteiger partial charge >= 0.3 is 0 Å². The lowest BCUT2D eigenvalue weighted by Gasteiger charge is -2.17. The SMILES string of the molecule is Cc1nn(C)c(N(C)C)c1CN[C@H](C)c1oc2ccccc2c1C. The van der Waals surface area contributed by atoms with Crippen LogP contribution in [0.25, 0.3) is 11.0 Å². The molecule has 0 aliphatic heterocycles. The Morgan fingerprint density at radius 1 is 1.25 bits per heavy atom. The van der Waals surface area contributed by atoms with Crippen LogP contribution >= 0.6 is 0 Å². The number of nitrogens with one attached hydrogen (secondary N) is 1. The average molecular weight is 326 g/mol. The van der Waals surface area contributed by atoms with Gasteiger partial charge in [0.25, 0.3) is 0 Å². The molecule has 5 heteroatoms. The molecule has 128 valence electrons. The van der Waals surface area contributed by atoms with Gasteiger partial charge in [0.15, 0.2) is 0 Å². The zero-order valence-electron chi connectivity index (χ0n) is 15.3. The first kappa shape index (κ1) is 16.6. The molecule has 1 atom stereocenters. The Balaban J connectivity index is 1.83. The van der Waals surface area contributed by atoms with Crippen LogP contribution in [0.5, 0.6) is 0 Å². The summed E-state index contributed by atoms with van der Waals surface area (Å²) in [6, 6.07) is 8.32. The number of hydrogen-bond acceptors (Lipinski definition) is 4. The van der Waals surface area contributed by atoms with E-state index < -0.39 is 0 Å². The number of aryl methyl sites for hydroxylation is 3. The zero-order valence-corrected chi connectivity index (χ0v) is 15.3. The highest BCUT2D eigenvalue weighted by Gasteiger charge is 2.19. The molecule has 0 saturated heterocycles. The molecule has 0 saturated carbocycles. The summed E-state index contributed by atoms with van der Waals surface area (Å²) in [4.78, 5) is 2.11. The molecule has 0 aliphatic carbocycles. The van der Waals surface area contributed by atoms with Gasteiger partial charge in [-0.2, -0.15) is 5.10 Å². The first-order valence-electron chi connectivity index (χ1n) is 8.31. The second kappa shape index (κ2) is 6.32.